The minimum absolute atomic E-state index is 0.0216. The molecule has 2 N–H and O–H groups in total. The minimum atomic E-state index is -1.14. The first kappa shape index (κ1) is 37.2. The standard InChI is InChI=1S/C43H64N2O5/c1-26(2)36-31(46)24-43(20-23-45-27(3)28-15-21-44-22-16-28)19-12-30-29(37(36)43)10-11-33-41(30,8)17-13-32-40(6,7)34(14-18-42(32,33)9)50-35(47)25-39(4,5)38(48)49/h15-16,21-22,26-27,29-30,32-34,45H,10-14,17-20,23-25H2,1-9H3,(H,48,49). The Balaban J connectivity index is 1.22. The third-order valence-corrected chi connectivity index (χ3v) is 15.4. The van der Waals surface area contributed by atoms with E-state index in [1.165, 1.54) is 30.4 Å². The number of nitrogens with one attached hydrogen (secondary N) is 1. The maximum atomic E-state index is 13.9. The Labute approximate surface area is 301 Å². The molecule has 0 aliphatic heterocycles. The summed E-state index contributed by atoms with van der Waals surface area (Å²) in [6.07, 6.45) is 13.9. The summed E-state index contributed by atoms with van der Waals surface area (Å²) in [6.45, 7) is 20.5. The number of hydrogen-bond acceptors (Lipinski definition) is 6. The Hall–Kier alpha value is -2.54. The van der Waals surface area contributed by atoms with Crippen molar-refractivity contribution in [3.05, 3.63) is 41.2 Å². The Bertz CT molecular complexity index is 1510. The molecular formula is C43H64N2O5. The van der Waals surface area contributed by atoms with Crippen molar-refractivity contribution in [1.82, 2.24) is 10.3 Å². The van der Waals surface area contributed by atoms with E-state index in [9.17, 15) is 19.5 Å². The van der Waals surface area contributed by atoms with Gasteiger partial charge in [-0.3, -0.25) is 19.4 Å². The number of fused-ring (bicyclic) bond motifs is 7. The van der Waals surface area contributed by atoms with Gasteiger partial charge in [-0.05, 0) is 149 Å². The molecule has 5 aliphatic carbocycles. The highest BCUT2D eigenvalue weighted by Gasteiger charge is 2.66. The van der Waals surface area contributed by atoms with Crippen LogP contribution in [-0.2, 0) is 19.1 Å². The fourth-order valence-corrected chi connectivity index (χ4v) is 12.9. The Kier molecular flexibility index (Phi) is 9.79. The number of carboxylic acids is 1. The molecule has 6 rings (SSSR count). The highest BCUT2D eigenvalue weighted by Crippen LogP contribution is 2.73. The first-order valence-electron chi connectivity index (χ1n) is 19.7. The molecule has 7 heteroatoms. The molecule has 0 amide bonds. The molecule has 276 valence electrons. The number of esters is 1. The van der Waals surface area contributed by atoms with Crippen molar-refractivity contribution in [2.75, 3.05) is 6.54 Å². The van der Waals surface area contributed by atoms with Crippen molar-refractivity contribution in [1.29, 1.82) is 0 Å². The summed E-state index contributed by atoms with van der Waals surface area (Å²) in [4.78, 5) is 42.9. The van der Waals surface area contributed by atoms with Gasteiger partial charge in [0, 0.05) is 35.7 Å². The summed E-state index contributed by atoms with van der Waals surface area (Å²) in [5.41, 5.74) is 2.96. The van der Waals surface area contributed by atoms with Gasteiger partial charge in [-0.25, -0.2) is 0 Å². The first-order valence-corrected chi connectivity index (χ1v) is 19.7. The number of aromatic nitrogens is 1. The van der Waals surface area contributed by atoms with Gasteiger partial charge in [0.15, 0.2) is 5.78 Å². The lowest BCUT2D eigenvalue weighted by molar-refractivity contribution is -0.213. The van der Waals surface area contributed by atoms with E-state index in [-0.39, 0.29) is 46.1 Å². The van der Waals surface area contributed by atoms with E-state index in [0.29, 0.717) is 35.9 Å². The van der Waals surface area contributed by atoms with E-state index in [1.54, 1.807) is 19.4 Å². The Morgan fingerprint density at radius 1 is 0.960 bits per heavy atom. The predicted octanol–water partition coefficient (Wildman–Crippen LogP) is 9.13. The number of ketones is 1. The van der Waals surface area contributed by atoms with E-state index < -0.39 is 17.4 Å². The average molecular weight is 689 g/mol. The molecule has 1 aromatic heterocycles. The fraction of sp³-hybridized carbons (Fsp3) is 0.767. The lowest BCUT2D eigenvalue weighted by atomic mass is 9.36. The van der Waals surface area contributed by atoms with Crippen molar-refractivity contribution >= 4 is 17.7 Å². The summed E-state index contributed by atoms with van der Waals surface area (Å²) in [6, 6.07) is 4.41. The number of aliphatic carboxylic acids is 1. The van der Waals surface area contributed by atoms with Crippen molar-refractivity contribution in [3.63, 3.8) is 0 Å². The predicted molar refractivity (Wildman–Crippen MR) is 196 cm³/mol. The van der Waals surface area contributed by atoms with Gasteiger partial charge in [-0.2, -0.15) is 0 Å². The zero-order valence-corrected chi connectivity index (χ0v) is 32.4. The molecule has 50 heavy (non-hydrogen) atoms. The molecule has 0 radical (unpaired) electrons. The zero-order chi connectivity index (χ0) is 36.4. The van der Waals surface area contributed by atoms with Crippen LogP contribution in [0.2, 0.25) is 0 Å². The number of allylic oxidation sites excluding steroid dienone is 2. The van der Waals surface area contributed by atoms with Crippen molar-refractivity contribution in [2.45, 2.75) is 145 Å². The van der Waals surface area contributed by atoms with E-state index in [1.807, 2.05) is 12.4 Å². The zero-order valence-electron chi connectivity index (χ0n) is 32.4. The van der Waals surface area contributed by atoms with E-state index >= 15 is 0 Å². The van der Waals surface area contributed by atoms with Gasteiger partial charge >= 0.3 is 11.9 Å². The molecule has 4 fully saturated rings. The van der Waals surface area contributed by atoms with Crippen molar-refractivity contribution in [3.8, 4) is 0 Å². The molecule has 9 unspecified atom stereocenters. The summed E-state index contributed by atoms with van der Waals surface area (Å²) in [5, 5.41) is 13.4. The van der Waals surface area contributed by atoms with Crippen molar-refractivity contribution in [2.24, 2.45) is 56.7 Å². The molecule has 9 atom stereocenters. The van der Waals surface area contributed by atoms with Gasteiger partial charge in [-0.15, -0.1) is 0 Å². The maximum Gasteiger partial charge on any atom is 0.309 e. The quantitative estimate of drug-likeness (QED) is 0.236. The molecular weight excluding hydrogens is 624 g/mol. The largest absolute Gasteiger partial charge is 0.481 e. The molecule has 1 aromatic rings. The van der Waals surface area contributed by atoms with Crippen LogP contribution in [0.15, 0.2) is 35.7 Å². The number of rotatable bonds is 10. The second kappa shape index (κ2) is 13.1. The summed E-state index contributed by atoms with van der Waals surface area (Å²) >= 11 is 0. The lowest BCUT2D eigenvalue weighted by Crippen LogP contribution is -2.63. The number of carboxylic acid groups (broad SMARTS) is 1. The maximum absolute atomic E-state index is 13.9. The van der Waals surface area contributed by atoms with Gasteiger partial charge < -0.3 is 15.2 Å². The number of nitrogens with zero attached hydrogens (tertiary/aromatic N) is 1. The topological polar surface area (TPSA) is 106 Å². The van der Waals surface area contributed by atoms with Crippen LogP contribution in [0.25, 0.3) is 0 Å². The van der Waals surface area contributed by atoms with E-state index in [0.717, 1.165) is 45.1 Å². The molecule has 4 saturated carbocycles. The van der Waals surface area contributed by atoms with Gasteiger partial charge in [0.25, 0.3) is 0 Å². The lowest BCUT2D eigenvalue weighted by Gasteiger charge is -2.69. The second-order valence-electron chi connectivity index (χ2n) is 19.3. The van der Waals surface area contributed by atoms with Crippen LogP contribution < -0.4 is 5.32 Å². The van der Waals surface area contributed by atoms with Crippen LogP contribution in [0.1, 0.15) is 145 Å². The molecule has 0 aromatic carbocycles. The third kappa shape index (κ3) is 6.09. The smallest absolute Gasteiger partial charge is 0.309 e. The van der Waals surface area contributed by atoms with Crippen LogP contribution in [0.4, 0.5) is 0 Å². The number of ether oxygens (including phenoxy) is 1. The van der Waals surface area contributed by atoms with Crippen LogP contribution >= 0.6 is 0 Å². The number of carbonyl (C=O) groups is 3. The first-order chi connectivity index (χ1) is 23.4. The Morgan fingerprint density at radius 3 is 2.30 bits per heavy atom. The molecule has 5 aliphatic rings. The number of pyridine rings is 1. The Morgan fingerprint density at radius 2 is 1.64 bits per heavy atom. The summed E-state index contributed by atoms with van der Waals surface area (Å²) in [7, 11) is 0. The van der Waals surface area contributed by atoms with E-state index in [2.05, 4.69) is 70.9 Å². The SMILES string of the molecule is CC(C)C1=C2C3CCC4C(C)(CCC5C(C)(C)C(OC(=O)CC(C)(C)C(=O)O)CCC54C)C3CCC2(CCNC(C)c2ccncc2)CC1=O. The van der Waals surface area contributed by atoms with Crippen LogP contribution in [0, 0.1) is 56.7 Å². The van der Waals surface area contributed by atoms with Gasteiger partial charge in [0.2, 0.25) is 0 Å². The average Bonchev–Trinajstić information content (AvgIpc) is 3.34. The van der Waals surface area contributed by atoms with Gasteiger partial charge in [0.1, 0.15) is 6.10 Å². The van der Waals surface area contributed by atoms with Crippen molar-refractivity contribution < 1.29 is 24.2 Å². The van der Waals surface area contributed by atoms with Crippen LogP contribution in [0.3, 0.4) is 0 Å². The fourth-order valence-electron chi connectivity index (χ4n) is 12.9. The normalized spacial score (nSPS) is 37.0. The molecule has 0 spiro atoms. The molecule has 0 bridgehead atoms. The van der Waals surface area contributed by atoms with E-state index in [4.69, 9.17) is 4.74 Å². The minimum Gasteiger partial charge on any atom is -0.481 e. The highest BCUT2D eigenvalue weighted by molar-refractivity contribution is 6.00. The second-order valence-corrected chi connectivity index (χ2v) is 19.3. The molecule has 0 saturated heterocycles. The molecule has 1 heterocycles. The highest BCUT2D eigenvalue weighted by atomic mass is 16.5. The summed E-state index contributed by atoms with van der Waals surface area (Å²) in [5.74, 6) is 1.37. The number of hydrogen-bond donors (Lipinski definition) is 2. The van der Waals surface area contributed by atoms with Crippen LogP contribution in [0.5, 0.6) is 0 Å². The third-order valence-electron chi connectivity index (χ3n) is 15.4. The number of Topliss-reactive ketones (excluding diaryl/α,β-unsaturated/α-hetero) is 1. The van der Waals surface area contributed by atoms with Crippen LogP contribution in [-0.4, -0.2) is 40.5 Å². The van der Waals surface area contributed by atoms with Gasteiger partial charge in [-0.1, -0.05) is 47.1 Å². The number of carbonyl (C=O) groups excluding carboxylic acids is 2. The monoisotopic (exact) mass is 688 g/mol. The summed E-state index contributed by atoms with van der Waals surface area (Å²) < 4.78 is 6.16. The molecule has 7 nitrogen and oxygen atoms in total. The van der Waals surface area contributed by atoms with Gasteiger partial charge in [0.05, 0.1) is 11.8 Å².